The van der Waals surface area contributed by atoms with Gasteiger partial charge in [-0.25, -0.2) is 4.98 Å². The van der Waals surface area contributed by atoms with Gasteiger partial charge in [-0.2, -0.15) is 0 Å². The van der Waals surface area contributed by atoms with E-state index in [-0.39, 0.29) is 5.91 Å². The molecule has 0 atom stereocenters. The van der Waals surface area contributed by atoms with Crippen molar-refractivity contribution in [3.63, 3.8) is 0 Å². The molecule has 7 heteroatoms. The van der Waals surface area contributed by atoms with E-state index in [1.165, 1.54) is 0 Å². The summed E-state index contributed by atoms with van der Waals surface area (Å²) in [5, 5.41) is 9.86. The molecule has 1 aromatic heterocycles. The topological polar surface area (TPSA) is 78.4 Å². The Bertz CT molecular complexity index is 763. The third-order valence-electron chi connectivity index (χ3n) is 3.62. The number of amides is 1. The second-order valence-electron chi connectivity index (χ2n) is 5.77. The minimum Gasteiger partial charge on any atom is -0.356 e. The van der Waals surface area contributed by atoms with E-state index >= 15 is 0 Å². The molecule has 1 amide bonds. The SMILES string of the molecule is CN=C(NCCC(=O)Nc1cccc(C)n1)NCCc1cccc(Cl)c1. The molecule has 6 nitrogen and oxygen atoms in total. The Balaban J connectivity index is 1.67. The minimum atomic E-state index is -0.0926. The van der Waals surface area contributed by atoms with Crippen LogP contribution >= 0.6 is 11.6 Å². The number of halogens is 1. The van der Waals surface area contributed by atoms with E-state index in [0.717, 1.165) is 29.2 Å². The number of aliphatic imine (C=N–C) groups is 1. The lowest BCUT2D eigenvalue weighted by Crippen LogP contribution is -2.39. The lowest BCUT2D eigenvalue weighted by atomic mass is 10.1. The van der Waals surface area contributed by atoms with Crippen LogP contribution in [-0.2, 0) is 11.2 Å². The number of nitrogens with zero attached hydrogens (tertiary/aromatic N) is 2. The lowest BCUT2D eigenvalue weighted by Gasteiger charge is -2.12. The van der Waals surface area contributed by atoms with Gasteiger partial charge in [0.2, 0.25) is 5.91 Å². The predicted molar refractivity (Wildman–Crippen MR) is 107 cm³/mol. The second-order valence-corrected chi connectivity index (χ2v) is 6.20. The molecule has 0 aliphatic carbocycles. The molecule has 0 bridgehead atoms. The number of benzene rings is 1. The van der Waals surface area contributed by atoms with Crippen LogP contribution < -0.4 is 16.0 Å². The number of aromatic nitrogens is 1. The number of pyridine rings is 1. The van der Waals surface area contributed by atoms with Gasteiger partial charge in [0, 0.05) is 37.3 Å². The molecule has 2 rings (SSSR count). The van der Waals surface area contributed by atoms with E-state index in [9.17, 15) is 4.79 Å². The van der Waals surface area contributed by atoms with Crippen molar-refractivity contribution >= 4 is 29.3 Å². The van der Waals surface area contributed by atoms with Crippen LogP contribution in [0, 0.1) is 6.92 Å². The van der Waals surface area contributed by atoms with Gasteiger partial charge in [-0.15, -0.1) is 0 Å². The zero-order chi connectivity index (χ0) is 18.8. The Morgan fingerprint density at radius 1 is 1.15 bits per heavy atom. The molecule has 138 valence electrons. The summed E-state index contributed by atoms with van der Waals surface area (Å²) in [4.78, 5) is 20.4. The van der Waals surface area contributed by atoms with Gasteiger partial charge in [-0.05, 0) is 43.2 Å². The molecular weight excluding hydrogens is 350 g/mol. The van der Waals surface area contributed by atoms with E-state index in [1.807, 2.05) is 43.3 Å². The lowest BCUT2D eigenvalue weighted by molar-refractivity contribution is -0.116. The highest BCUT2D eigenvalue weighted by Crippen LogP contribution is 2.10. The molecule has 0 fully saturated rings. The summed E-state index contributed by atoms with van der Waals surface area (Å²) < 4.78 is 0. The first-order valence-electron chi connectivity index (χ1n) is 8.49. The van der Waals surface area contributed by atoms with Gasteiger partial charge in [-0.1, -0.05) is 29.8 Å². The molecule has 0 spiro atoms. The summed E-state index contributed by atoms with van der Waals surface area (Å²) in [6.45, 7) is 3.09. The van der Waals surface area contributed by atoms with Crippen LogP contribution in [0.25, 0.3) is 0 Å². The minimum absolute atomic E-state index is 0.0926. The number of anilines is 1. The van der Waals surface area contributed by atoms with E-state index in [2.05, 4.69) is 25.9 Å². The molecule has 0 saturated heterocycles. The average Bonchev–Trinajstić information content (AvgIpc) is 2.60. The number of hydrogen-bond donors (Lipinski definition) is 3. The van der Waals surface area contributed by atoms with Crippen molar-refractivity contribution in [3.8, 4) is 0 Å². The first-order valence-corrected chi connectivity index (χ1v) is 8.87. The van der Waals surface area contributed by atoms with Crippen LogP contribution in [0.3, 0.4) is 0 Å². The molecule has 0 saturated carbocycles. The summed E-state index contributed by atoms with van der Waals surface area (Å²) in [6.07, 6.45) is 1.16. The highest BCUT2D eigenvalue weighted by atomic mass is 35.5. The molecule has 1 heterocycles. The predicted octanol–water partition coefficient (Wildman–Crippen LogP) is 2.78. The Morgan fingerprint density at radius 3 is 2.65 bits per heavy atom. The number of hydrogen-bond acceptors (Lipinski definition) is 3. The fourth-order valence-corrected chi connectivity index (χ4v) is 2.56. The maximum absolute atomic E-state index is 12.0. The Kier molecular flexibility index (Phi) is 7.89. The number of carbonyl (C=O) groups is 1. The number of rotatable bonds is 7. The monoisotopic (exact) mass is 373 g/mol. The molecule has 0 unspecified atom stereocenters. The number of aryl methyl sites for hydroxylation is 1. The summed E-state index contributed by atoms with van der Waals surface area (Å²) in [5.41, 5.74) is 2.02. The molecule has 0 aliphatic heterocycles. The quantitative estimate of drug-likeness (QED) is 0.515. The maximum atomic E-state index is 12.0. The molecule has 0 radical (unpaired) electrons. The standard InChI is InChI=1S/C19H24ClN5O/c1-14-5-3-8-17(24-14)25-18(26)10-12-23-19(21-2)22-11-9-15-6-4-7-16(20)13-15/h3-8,13H,9-12H2,1-2H3,(H2,21,22,23)(H,24,25,26). The van der Waals surface area contributed by atoms with Crippen LogP contribution in [0.5, 0.6) is 0 Å². The van der Waals surface area contributed by atoms with Crippen LogP contribution in [0.4, 0.5) is 5.82 Å². The van der Waals surface area contributed by atoms with Gasteiger partial charge in [0.1, 0.15) is 5.82 Å². The molecule has 26 heavy (non-hydrogen) atoms. The molecule has 2 aromatic rings. The Morgan fingerprint density at radius 2 is 1.92 bits per heavy atom. The van der Waals surface area contributed by atoms with Crippen molar-refractivity contribution in [1.82, 2.24) is 15.6 Å². The van der Waals surface area contributed by atoms with Gasteiger partial charge in [0.05, 0.1) is 0 Å². The smallest absolute Gasteiger partial charge is 0.227 e. The van der Waals surface area contributed by atoms with Crippen molar-refractivity contribution in [2.75, 3.05) is 25.5 Å². The van der Waals surface area contributed by atoms with Gasteiger partial charge in [0.25, 0.3) is 0 Å². The van der Waals surface area contributed by atoms with Crippen LogP contribution in [-0.4, -0.2) is 37.0 Å². The van der Waals surface area contributed by atoms with Crippen molar-refractivity contribution in [3.05, 3.63) is 58.7 Å². The molecular formula is C19H24ClN5O. The number of guanidine groups is 1. The fourth-order valence-electron chi connectivity index (χ4n) is 2.35. The second kappa shape index (κ2) is 10.4. The van der Waals surface area contributed by atoms with Crippen LogP contribution in [0.1, 0.15) is 17.7 Å². The Labute approximate surface area is 159 Å². The van der Waals surface area contributed by atoms with E-state index in [4.69, 9.17) is 11.6 Å². The number of carbonyl (C=O) groups excluding carboxylic acids is 1. The van der Waals surface area contributed by atoms with Gasteiger partial charge < -0.3 is 16.0 Å². The Hall–Kier alpha value is -2.60. The van der Waals surface area contributed by atoms with E-state index in [1.54, 1.807) is 13.1 Å². The average molecular weight is 374 g/mol. The largest absolute Gasteiger partial charge is 0.356 e. The molecule has 3 N–H and O–H groups in total. The third kappa shape index (κ3) is 7.11. The van der Waals surface area contributed by atoms with E-state index < -0.39 is 0 Å². The van der Waals surface area contributed by atoms with Crippen LogP contribution in [0.2, 0.25) is 5.02 Å². The van der Waals surface area contributed by atoms with Gasteiger partial charge in [-0.3, -0.25) is 9.79 Å². The van der Waals surface area contributed by atoms with Crippen molar-refractivity contribution in [2.45, 2.75) is 19.8 Å². The zero-order valence-electron chi connectivity index (χ0n) is 15.1. The molecule has 0 aliphatic rings. The van der Waals surface area contributed by atoms with Crippen molar-refractivity contribution in [1.29, 1.82) is 0 Å². The first-order chi connectivity index (χ1) is 12.6. The highest BCUT2D eigenvalue weighted by Gasteiger charge is 2.04. The fraction of sp³-hybridized carbons (Fsp3) is 0.316. The summed E-state index contributed by atoms with van der Waals surface area (Å²) >= 11 is 5.98. The van der Waals surface area contributed by atoms with Gasteiger partial charge in [0.15, 0.2) is 5.96 Å². The highest BCUT2D eigenvalue weighted by molar-refractivity contribution is 6.30. The molecule has 1 aromatic carbocycles. The van der Waals surface area contributed by atoms with Gasteiger partial charge >= 0.3 is 0 Å². The third-order valence-corrected chi connectivity index (χ3v) is 3.85. The number of nitrogens with one attached hydrogen (secondary N) is 3. The normalized spacial score (nSPS) is 11.1. The van der Waals surface area contributed by atoms with E-state index in [0.29, 0.717) is 24.7 Å². The maximum Gasteiger partial charge on any atom is 0.227 e. The zero-order valence-corrected chi connectivity index (χ0v) is 15.8. The van der Waals surface area contributed by atoms with Crippen LogP contribution in [0.15, 0.2) is 47.5 Å². The summed E-state index contributed by atoms with van der Waals surface area (Å²) in [6, 6.07) is 13.3. The first kappa shape index (κ1) is 19.7. The van der Waals surface area contributed by atoms with Crippen molar-refractivity contribution < 1.29 is 4.79 Å². The van der Waals surface area contributed by atoms with Crippen molar-refractivity contribution in [2.24, 2.45) is 4.99 Å². The summed E-state index contributed by atoms with van der Waals surface area (Å²) in [5.74, 6) is 1.14. The summed E-state index contributed by atoms with van der Waals surface area (Å²) in [7, 11) is 1.70.